The van der Waals surface area contributed by atoms with Crippen LogP contribution in [0.3, 0.4) is 0 Å². The molecule has 0 aliphatic rings. The van der Waals surface area contributed by atoms with Gasteiger partial charge in [-0.05, 0) is 0 Å². The first kappa shape index (κ1) is 12.0. The van der Waals surface area contributed by atoms with Crippen LogP contribution >= 0.6 is 0 Å². The van der Waals surface area contributed by atoms with Gasteiger partial charge >= 0.3 is 77.8 Å². The Hall–Kier alpha value is 1.02. The second-order valence-electron chi connectivity index (χ2n) is 5.97. The van der Waals surface area contributed by atoms with E-state index < -0.39 is 26.5 Å². The normalized spacial score (nSPS) is 13.6. The van der Waals surface area contributed by atoms with E-state index in [1.807, 2.05) is 0 Å². The van der Waals surface area contributed by atoms with Crippen LogP contribution in [0.25, 0.3) is 0 Å². The van der Waals surface area contributed by atoms with Gasteiger partial charge in [0.1, 0.15) is 0 Å². The summed E-state index contributed by atoms with van der Waals surface area (Å²) in [7, 11) is -0.723. The molecule has 0 unspecified atom stereocenters. The van der Waals surface area contributed by atoms with Crippen molar-refractivity contribution in [1.29, 1.82) is 0 Å². The molecular formula is C9H24SiSn. The predicted octanol–water partition coefficient (Wildman–Crippen LogP) is 4.05. The molecule has 0 bridgehead atoms. The van der Waals surface area contributed by atoms with Crippen molar-refractivity contribution in [2.24, 2.45) is 0 Å². The Balaban J connectivity index is 3.44. The van der Waals surface area contributed by atoms with E-state index in [1.165, 1.54) is 6.42 Å². The maximum absolute atomic E-state index is 2.54. The van der Waals surface area contributed by atoms with Crippen LogP contribution in [-0.2, 0) is 0 Å². The zero-order valence-corrected chi connectivity index (χ0v) is 13.0. The van der Waals surface area contributed by atoms with Crippen LogP contribution in [0.1, 0.15) is 6.42 Å². The van der Waals surface area contributed by atoms with Gasteiger partial charge in [-0.3, -0.25) is 0 Å². The molecule has 0 amide bonds. The molecule has 0 aromatic carbocycles. The molecule has 0 spiro atoms. The quantitative estimate of drug-likeness (QED) is 0.681. The molecule has 0 aromatic heterocycles. The molecule has 11 heavy (non-hydrogen) atoms. The molecule has 68 valence electrons. The van der Waals surface area contributed by atoms with Crippen molar-refractivity contribution in [3.05, 3.63) is 0 Å². The Morgan fingerprint density at radius 1 is 1.00 bits per heavy atom. The van der Waals surface area contributed by atoms with Crippen LogP contribution in [0.2, 0.25) is 44.9 Å². The Kier molecular flexibility index (Phi) is 4.71. The molecule has 0 aromatic rings. The van der Waals surface area contributed by atoms with Gasteiger partial charge in [0.2, 0.25) is 0 Å². The summed E-state index contributed by atoms with van der Waals surface area (Å²) >= 11 is -1.39. The van der Waals surface area contributed by atoms with Crippen LogP contribution in [0.4, 0.5) is 0 Å². The van der Waals surface area contributed by atoms with Crippen LogP contribution in [0.5, 0.6) is 0 Å². The van der Waals surface area contributed by atoms with E-state index in [4.69, 9.17) is 0 Å². The zero-order chi connectivity index (χ0) is 9.12. The Labute approximate surface area is 77.7 Å². The van der Waals surface area contributed by atoms with Crippen molar-refractivity contribution < 1.29 is 0 Å². The van der Waals surface area contributed by atoms with Crippen molar-refractivity contribution in [3.63, 3.8) is 0 Å². The molecule has 0 atom stereocenters. The van der Waals surface area contributed by atoms with Gasteiger partial charge in [-0.1, -0.05) is 0 Å². The third-order valence-corrected chi connectivity index (χ3v) is 9.00. The molecule has 0 heterocycles. The van der Waals surface area contributed by atoms with Crippen molar-refractivity contribution >= 4 is 26.5 Å². The minimum atomic E-state index is -1.39. The number of rotatable bonds is 4. The summed E-state index contributed by atoms with van der Waals surface area (Å²) in [6.45, 7) is 7.43. The third-order valence-electron chi connectivity index (χ3n) is 1.85. The molecule has 0 aliphatic heterocycles. The van der Waals surface area contributed by atoms with Crippen LogP contribution in [0.15, 0.2) is 0 Å². The molecule has 0 aliphatic carbocycles. The zero-order valence-electron chi connectivity index (χ0n) is 9.12. The molecule has 0 rings (SSSR count). The monoisotopic (exact) mass is 280 g/mol. The molecule has 0 saturated carbocycles. The van der Waals surface area contributed by atoms with E-state index in [9.17, 15) is 0 Å². The van der Waals surface area contributed by atoms with Gasteiger partial charge in [0.15, 0.2) is 0 Å². The van der Waals surface area contributed by atoms with Gasteiger partial charge in [0, 0.05) is 0 Å². The fourth-order valence-electron chi connectivity index (χ4n) is 1.15. The summed E-state index contributed by atoms with van der Waals surface area (Å²) in [6.07, 6.45) is 1.52. The van der Waals surface area contributed by atoms with E-state index in [1.54, 1.807) is 10.5 Å². The van der Waals surface area contributed by atoms with Gasteiger partial charge in [-0.2, -0.15) is 0 Å². The second-order valence-corrected chi connectivity index (χ2v) is 27.6. The second kappa shape index (κ2) is 4.31. The first-order chi connectivity index (χ1) is 4.71. The van der Waals surface area contributed by atoms with Crippen molar-refractivity contribution in [2.75, 3.05) is 0 Å². The average Bonchev–Trinajstić information content (AvgIpc) is 1.55. The predicted molar refractivity (Wildman–Crippen MR) is 60.9 cm³/mol. The Morgan fingerprint density at radius 2 is 1.45 bits per heavy atom. The SMILES string of the molecule is C[Si](C)(C)CC[CH2][Sn]([CH3])([CH3])[CH3]. The van der Waals surface area contributed by atoms with E-state index >= 15 is 0 Å². The van der Waals surface area contributed by atoms with E-state index in [2.05, 4.69) is 34.5 Å². The van der Waals surface area contributed by atoms with Gasteiger partial charge in [-0.25, -0.2) is 0 Å². The Morgan fingerprint density at radius 3 is 1.73 bits per heavy atom. The van der Waals surface area contributed by atoms with Gasteiger partial charge in [-0.15, -0.1) is 0 Å². The standard InChI is InChI=1S/C6H15Si.3CH3.Sn/c1-5-6-7(2,3)4;;;;/h1,5-6H2,2-4H3;3*1H3;. The summed E-state index contributed by atoms with van der Waals surface area (Å²) in [5.74, 6) is 0. The fraction of sp³-hybridized carbons (Fsp3) is 1.00. The van der Waals surface area contributed by atoms with Crippen LogP contribution in [-0.4, -0.2) is 26.5 Å². The third kappa shape index (κ3) is 11.0. The molecule has 0 radical (unpaired) electrons. The molecule has 0 nitrogen and oxygen atoms in total. The summed E-state index contributed by atoms with van der Waals surface area (Å²) in [6, 6.07) is 1.54. The first-order valence-electron chi connectivity index (χ1n) is 4.71. The summed E-state index contributed by atoms with van der Waals surface area (Å²) < 4.78 is 1.60. The summed E-state index contributed by atoms with van der Waals surface area (Å²) in [5, 5.41) is 0. The summed E-state index contributed by atoms with van der Waals surface area (Å²) in [4.78, 5) is 7.62. The van der Waals surface area contributed by atoms with Gasteiger partial charge in [0.05, 0.1) is 0 Å². The number of hydrogen-bond acceptors (Lipinski definition) is 0. The van der Waals surface area contributed by atoms with Crippen molar-refractivity contribution in [3.8, 4) is 0 Å². The molecule has 0 fully saturated rings. The fourth-order valence-corrected chi connectivity index (χ4v) is 6.93. The van der Waals surface area contributed by atoms with Crippen molar-refractivity contribution in [2.45, 2.75) is 51.4 Å². The van der Waals surface area contributed by atoms with Crippen LogP contribution in [0, 0.1) is 0 Å². The first-order valence-corrected chi connectivity index (χ1v) is 19.0. The van der Waals surface area contributed by atoms with E-state index in [0.29, 0.717) is 0 Å². The molecule has 0 N–H and O–H groups in total. The number of hydrogen-bond donors (Lipinski definition) is 0. The average molecular weight is 279 g/mol. The molecular weight excluding hydrogens is 255 g/mol. The molecule has 0 saturated heterocycles. The summed E-state index contributed by atoms with van der Waals surface area (Å²) in [5.41, 5.74) is 0. The van der Waals surface area contributed by atoms with Gasteiger partial charge < -0.3 is 0 Å². The van der Waals surface area contributed by atoms with Gasteiger partial charge in [0.25, 0.3) is 0 Å². The topological polar surface area (TPSA) is 0 Å². The molecule has 2 heteroatoms. The Bertz CT molecular complexity index is 93.7. The van der Waals surface area contributed by atoms with Crippen LogP contribution < -0.4 is 0 Å². The minimum absolute atomic E-state index is 0.723. The van der Waals surface area contributed by atoms with Crippen molar-refractivity contribution in [1.82, 2.24) is 0 Å². The van der Waals surface area contributed by atoms with E-state index in [-0.39, 0.29) is 0 Å². The maximum atomic E-state index is 2.54. The van der Waals surface area contributed by atoms with E-state index in [0.717, 1.165) is 0 Å².